The molecule has 2 rings (SSSR count). The van der Waals surface area contributed by atoms with E-state index >= 15 is 0 Å². The van der Waals surface area contributed by atoms with Gasteiger partial charge in [-0.05, 0) is 69.9 Å². The van der Waals surface area contributed by atoms with Crippen molar-refractivity contribution in [3.63, 3.8) is 0 Å². The molecule has 4 atom stereocenters. The Labute approximate surface area is 149 Å². The molecule has 0 aromatic carbocycles. The number of nitrogens with zero attached hydrogens (tertiary/aromatic N) is 1. The smallest absolute Gasteiger partial charge is 0.220 e. The average Bonchev–Trinajstić information content (AvgIpc) is 2.53. The first-order chi connectivity index (χ1) is 11.3. The zero-order valence-electron chi connectivity index (χ0n) is 16.5. The second-order valence-electron chi connectivity index (χ2n) is 9.23. The van der Waals surface area contributed by atoms with Crippen LogP contribution in [0.15, 0.2) is 0 Å². The van der Waals surface area contributed by atoms with E-state index in [0.717, 1.165) is 44.6 Å². The summed E-state index contributed by atoms with van der Waals surface area (Å²) in [7, 11) is 0. The number of rotatable bonds is 6. The zero-order valence-corrected chi connectivity index (χ0v) is 16.5. The van der Waals surface area contributed by atoms with Crippen LogP contribution in [0.5, 0.6) is 0 Å². The van der Waals surface area contributed by atoms with Gasteiger partial charge in [0, 0.05) is 31.6 Å². The van der Waals surface area contributed by atoms with Gasteiger partial charge in [-0.25, -0.2) is 0 Å². The molecular formula is C20H39N3O. The number of hydrogen-bond acceptors (Lipinski definition) is 3. The lowest BCUT2D eigenvalue weighted by Gasteiger charge is -2.45. The monoisotopic (exact) mass is 337 g/mol. The lowest BCUT2D eigenvalue weighted by molar-refractivity contribution is -0.123. The molecular weight excluding hydrogens is 298 g/mol. The molecule has 2 heterocycles. The Kier molecular flexibility index (Phi) is 7.11. The summed E-state index contributed by atoms with van der Waals surface area (Å²) in [5.41, 5.74) is 0.0359. The summed E-state index contributed by atoms with van der Waals surface area (Å²) in [6, 6.07) is 0. The maximum Gasteiger partial charge on any atom is 0.220 e. The topological polar surface area (TPSA) is 44.4 Å². The number of hydrogen-bond donors (Lipinski definition) is 2. The lowest BCUT2D eigenvalue weighted by Crippen LogP contribution is -2.56. The molecule has 0 aromatic heterocycles. The maximum atomic E-state index is 12.4. The fourth-order valence-corrected chi connectivity index (χ4v) is 4.48. The molecule has 4 nitrogen and oxygen atoms in total. The van der Waals surface area contributed by atoms with Gasteiger partial charge in [0.25, 0.3) is 0 Å². The first-order valence-electron chi connectivity index (χ1n) is 10.0. The molecule has 24 heavy (non-hydrogen) atoms. The fourth-order valence-electron chi connectivity index (χ4n) is 4.48. The summed E-state index contributed by atoms with van der Waals surface area (Å²) < 4.78 is 0. The molecule has 0 saturated carbocycles. The van der Waals surface area contributed by atoms with Crippen LogP contribution in [0.3, 0.4) is 0 Å². The van der Waals surface area contributed by atoms with Crippen molar-refractivity contribution >= 4 is 5.91 Å². The van der Waals surface area contributed by atoms with Crippen molar-refractivity contribution < 1.29 is 4.79 Å². The molecule has 140 valence electrons. The fraction of sp³-hybridized carbons (Fsp3) is 0.950. The Bertz CT molecular complexity index is 394. The van der Waals surface area contributed by atoms with Crippen molar-refractivity contribution in [3.8, 4) is 0 Å². The van der Waals surface area contributed by atoms with Gasteiger partial charge in [-0.2, -0.15) is 0 Å². The predicted molar refractivity (Wildman–Crippen MR) is 101 cm³/mol. The minimum absolute atomic E-state index is 0.0359. The summed E-state index contributed by atoms with van der Waals surface area (Å²) in [4.78, 5) is 15.0. The maximum absolute atomic E-state index is 12.4. The van der Waals surface area contributed by atoms with Crippen LogP contribution in [-0.4, -0.2) is 49.1 Å². The van der Waals surface area contributed by atoms with Crippen LogP contribution in [-0.2, 0) is 4.79 Å². The van der Waals surface area contributed by atoms with E-state index in [2.05, 4.69) is 50.2 Å². The molecule has 2 fully saturated rings. The second kappa shape index (κ2) is 8.66. The number of carbonyl (C=O) groups is 1. The summed E-state index contributed by atoms with van der Waals surface area (Å²) >= 11 is 0. The number of nitrogens with one attached hydrogen (secondary N) is 2. The molecule has 1 amide bonds. The van der Waals surface area contributed by atoms with Gasteiger partial charge in [0.1, 0.15) is 0 Å². The quantitative estimate of drug-likeness (QED) is 0.783. The van der Waals surface area contributed by atoms with Crippen LogP contribution >= 0.6 is 0 Å². The van der Waals surface area contributed by atoms with Crippen LogP contribution in [0.25, 0.3) is 0 Å². The Morgan fingerprint density at radius 2 is 1.96 bits per heavy atom. The van der Waals surface area contributed by atoms with Crippen molar-refractivity contribution in [1.29, 1.82) is 0 Å². The molecule has 0 aromatic rings. The van der Waals surface area contributed by atoms with Gasteiger partial charge in [-0.1, -0.05) is 20.8 Å². The van der Waals surface area contributed by atoms with Crippen LogP contribution < -0.4 is 10.6 Å². The number of piperidine rings is 2. The lowest BCUT2D eigenvalue weighted by atomic mass is 9.85. The van der Waals surface area contributed by atoms with E-state index in [-0.39, 0.29) is 11.4 Å². The third-order valence-electron chi connectivity index (χ3n) is 6.09. The Balaban J connectivity index is 1.77. The van der Waals surface area contributed by atoms with E-state index in [1.165, 1.54) is 19.3 Å². The first kappa shape index (κ1) is 19.7. The first-order valence-corrected chi connectivity index (χ1v) is 10.0. The van der Waals surface area contributed by atoms with Gasteiger partial charge in [0.15, 0.2) is 0 Å². The summed E-state index contributed by atoms with van der Waals surface area (Å²) in [5, 5.41) is 6.68. The van der Waals surface area contributed by atoms with E-state index in [9.17, 15) is 4.79 Å². The molecule has 4 heteroatoms. The molecule has 0 radical (unpaired) electrons. The van der Waals surface area contributed by atoms with E-state index < -0.39 is 0 Å². The van der Waals surface area contributed by atoms with E-state index in [1.54, 1.807) is 0 Å². The van der Waals surface area contributed by atoms with Crippen molar-refractivity contribution in [3.05, 3.63) is 0 Å². The zero-order chi connectivity index (χ0) is 17.7. The molecule has 0 aliphatic carbocycles. The highest BCUT2D eigenvalue weighted by Gasteiger charge is 2.33. The predicted octanol–water partition coefficient (Wildman–Crippen LogP) is 2.88. The largest absolute Gasteiger partial charge is 0.354 e. The van der Waals surface area contributed by atoms with Gasteiger partial charge < -0.3 is 10.6 Å². The minimum atomic E-state index is 0.0359. The van der Waals surface area contributed by atoms with Gasteiger partial charge >= 0.3 is 0 Å². The summed E-state index contributed by atoms with van der Waals surface area (Å²) in [6.07, 6.45) is 4.49. The minimum Gasteiger partial charge on any atom is -0.354 e. The molecule has 2 aliphatic rings. The Morgan fingerprint density at radius 1 is 1.29 bits per heavy atom. The highest BCUT2D eigenvalue weighted by atomic mass is 16.1. The standard InChI is InChI=1S/C20H39N3O/c1-15-9-16(2)13-23(12-15)20(4,5)14-22-19(24)10-17(3)18-7-6-8-21-11-18/h15-18,21H,6-14H2,1-5H3,(H,22,24). The Morgan fingerprint density at radius 3 is 2.54 bits per heavy atom. The Hall–Kier alpha value is -0.610. The number of likely N-dealkylation sites (tertiary alicyclic amines) is 1. The summed E-state index contributed by atoms with van der Waals surface area (Å²) in [5.74, 6) is 2.85. The van der Waals surface area contributed by atoms with Crippen molar-refractivity contribution in [2.24, 2.45) is 23.7 Å². The van der Waals surface area contributed by atoms with Gasteiger partial charge in [-0.3, -0.25) is 9.69 Å². The van der Waals surface area contributed by atoms with E-state index in [4.69, 9.17) is 0 Å². The highest BCUT2D eigenvalue weighted by molar-refractivity contribution is 5.76. The molecule has 2 aliphatic heterocycles. The molecule has 4 unspecified atom stereocenters. The second-order valence-corrected chi connectivity index (χ2v) is 9.23. The van der Waals surface area contributed by atoms with E-state index in [1.807, 2.05) is 0 Å². The van der Waals surface area contributed by atoms with Crippen LogP contribution in [0.2, 0.25) is 0 Å². The van der Waals surface area contributed by atoms with Gasteiger partial charge in [0.2, 0.25) is 5.91 Å². The molecule has 2 N–H and O–H groups in total. The van der Waals surface area contributed by atoms with Crippen LogP contribution in [0, 0.1) is 23.7 Å². The number of amides is 1. The van der Waals surface area contributed by atoms with Crippen LogP contribution in [0.4, 0.5) is 0 Å². The van der Waals surface area contributed by atoms with Crippen molar-refractivity contribution in [2.75, 3.05) is 32.7 Å². The highest BCUT2D eigenvalue weighted by Crippen LogP contribution is 2.27. The van der Waals surface area contributed by atoms with Gasteiger partial charge in [0.05, 0.1) is 0 Å². The van der Waals surface area contributed by atoms with E-state index in [0.29, 0.717) is 18.3 Å². The third kappa shape index (κ3) is 5.73. The van der Waals surface area contributed by atoms with Crippen molar-refractivity contribution in [2.45, 2.75) is 65.8 Å². The van der Waals surface area contributed by atoms with Crippen molar-refractivity contribution in [1.82, 2.24) is 15.5 Å². The van der Waals surface area contributed by atoms with Crippen LogP contribution in [0.1, 0.15) is 60.3 Å². The average molecular weight is 338 g/mol. The number of carbonyl (C=O) groups excluding carboxylic acids is 1. The third-order valence-corrected chi connectivity index (χ3v) is 6.09. The normalized spacial score (nSPS) is 30.8. The molecule has 0 spiro atoms. The molecule has 0 bridgehead atoms. The molecule has 2 saturated heterocycles. The SMILES string of the molecule is CC1CC(C)CN(C(C)(C)CNC(=O)CC(C)C2CCCNC2)C1. The van der Waals surface area contributed by atoms with Gasteiger partial charge in [-0.15, -0.1) is 0 Å². The summed E-state index contributed by atoms with van der Waals surface area (Å²) in [6.45, 7) is 16.7.